The van der Waals surface area contributed by atoms with Crippen LogP contribution in [-0.4, -0.2) is 47.0 Å². The van der Waals surface area contributed by atoms with Crippen LogP contribution in [0.2, 0.25) is 0 Å². The van der Waals surface area contributed by atoms with Crippen LogP contribution in [0.25, 0.3) is 11.3 Å². The molecule has 1 amide bonds. The highest BCUT2D eigenvalue weighted by atomic mass is 19.3. The smallest absolute Gasteiger partial charge is 0.468 e. The highest BCUT2D eigenvalue weighted by Gasteiger charge is 2.53. The molecule has 2 N–H and O–H groups in total. The molecule has 12 heteroatoms. The number of benzene rings is 1. The number of aromatic nitrogens is 2. The summed E-state index contributed by atoms with van der Waals surface area (Å²) in [6.07, 6.45) is 2.35. The minimum atomic E-state index is -3.74. The third kappa shape index (κ3) is 12.0. The fourth-order valence-corrected chi connectivity index (χ4v) is 4.40. The average molecular weight is 688 g/mol. The number of aryl methyl sites for hydroxylation is 2. The van der Waals surface area contributed by atoms with E-state index in [1.54, 1.807) is 56.5 Å². The van der Waals surface area contributed by atoms with Crippen molar-refractivity contribution in [3.05, 3.63) is 94.9 Å². The first-order chi connectivity index (χ1) is 23.3. The maximum Gasteiger partial charge on any atom is 0.586 e. The Labute approximate surface area is 288 Å². The Kier molecular flexibility index (Phi) is 19.1. The van der Waals surface area contributed by atoms with Crippen LogP contribution in [0.4, 0.5) is 14.6 Å². The van der Waals surface area contributed by atoms with Crippen molar-refractivity contribution in [3.8, 4) is 22.8 Å². The van der Waals surface area contributed by atoms with Gasteiger partial charge >= 0.3 is 12.3 Å². The van der Waals surface area contributed by atoms with Gasteiger partial charge in [-0.2, -0.15) is 0 Å². The molecule has 0 atom stereocenters. The summed E-state index contributed by atoms with van der Waals surface area (Å²) in [5.74, 6) is -0.908. The minimum absolute atomic E-state index is 0.0918. The molecule has 5 rings (SSSR count). The van der Waals surface area contributed by atoms with Gasteiger partial charge in [-0.3, -0.25) is 14.4 Å². The number of amides is 1. The molecule has 2 aliphatic rings. The molecule has 1 fully saturated rings. The van der Waals surface area contributed by atoms with E-state index in [2.05, 4.69) is 37.7 Å². The molecule has 0 radical (unpaired) electrons. The van der Waals surface area contributed by atoms with Crippen molar-refractivity contribution in [2.45, 2.75) is 86.5 Å². The number of esters is 1. The zero-order chi connectivity index (χ0) is 37.9. The lowest BCUT2D eigenvalue weighted by molar-refractivity contribution is -0.286. The maximum atomic E-state index is 13.4. The molecule has 10 nitrogen and oxygen atoms in total. The number of carbonyl (C=O) groups is 2. The Morgan fingerprint density at radius 3 is 2.08 bits per heavy atom. The van der Waals surface area contributed by atoms with Crippen LogP contribution in [0, 0.1) is 13.8 Å². The van der Waals surface area contributed by atoms with Crippen LogP contribution in [0.3, 0.4) is 0 Å². The standard InChI is InChI=1S/C26H23F2N3O6.2C3H6.2C2H6.CH4O/c1-14-10-17(23(33)31(12-14)13-21(32)35-3)22-15(2)4-7-20(29-22)30-24(34)25(8-9-25)16-5-6-18-19(11-16)37-26(27,28)36-18;2*1-3-2;3*1-2/h4-7,10-12H,8-9,13H2,1-3H3,(H,29,30,34);2*3H,1H2,2H3;2*1-2H3;2H,1H3. The van der Waals surface area contributed by atoms with Crippen LogP contribution >= 0.6 is 0 Å². The second-order valence-electron chi connectivity index (χ2n) is 9.98. The first-order valence-corrected chi connectivity index (χ1v) is 15.9. The molecule has 1 aliphatic carbocycles. The number of fused-ring (bicyclic) bond motifs is 1. The van der Waals surface area contributed by atoms with Crippen molar-refractivity contribution < 1.29 is 37.7 Å². The number of aliphatic hydroxyl groups is 1. The molecular weight excluding hydrogens is 636 g/mol. The fraction of sp³-hybridized carbons (Fsp3) is 0.405. The SMILES string of the molecule is C=CC.C=CC.CC.CC.CO.COC(=O)Cn1cc(C)cc(-c2nc(NC(=O)C3(c4ccc5c(c4)OC(F)(F)O5)CC3)ccc2C)c1=O. The lowest BCUT2D eigenvalue weighted by Gasteiger charge is -2.17. The van der Waals surface area contributed by atoms with Crippen LogP contribution < -0.4 is 20.3 Å². The summed E-state index contributed by atoms with van der Waals surface area (Å²) in [4.78, 5) is 42.7. The Hall–Kier alpha value is -4.84. The molecule has 0 unspecified atom stereocenters. The zero-order valence-electron chi connectivity index (χ0n) is 30.3. The molecule has 3 aromatic rings. The van der Waals surface area contributed by atoms with E-state index in [0.717, 1.165) is 12.7 Å². The van der Waals surface area contributed by atoms with Gasteiger partial charge in [-0.15, -0.1) is 21.9 Å². The second-order valence-corrected chi connectivity index (χ2v) is 9.98. The number of carbonyl (C=O) groups excluding carboxylic acids is 2. The fourth-order valence-electron chi connectivity index (χ4n) is 4.40. The van der Waals surface area contributed by atoms with Crippen LogP contribution in [-0.2, 0) is 26.3 Å². The molecule has 0 spiro atoms. The van der Waals surface area contributed by atoms with E-state index in [1.807, 2.05) is 41.5 Å². The van der Waals surface area contributed by atoms with E-state index in [0.29, 0.717) is 29.7 Å². The van der Waals surface area contributed by atoms with Gasteiger partial charge in [0.05, 0.1) is 23.8 Å². The molecule has 1 aliphatic heterocycles. The Morgan fingerprint density at radius 2 is 1.55 bits per heavy atom. The number of aliphatic hydroxyl groups excluding tert-OH is 1. The van der Waals surface area contributed by atoms with Gasteiger partial charge in [-0.1, -0.05) is 52.0 Å². The van der Waals surface area contributed by atoms with Crippen LogP contribution in [0.15, 0.2) is 72.7 Å². The van der Waals surface area contributed by atoms with Gasteiger partial charge in [0.15, 0.2) is 11.5 Å². The number of halogens is 2. The third-order valence-corrected chi connectivity index (χ3v) is 6.48. The lowest BCUT2D eigenvalue weighted by Crippen LogP contribution is -2.28. The summed E-state index contributed by atoms with van der Waals surface area (Å²) in [6, 6.07) is 9.34. The average Bonchev–Trinajstić information content (AvgIpc) is 3.84. The van der Waals surface area contributed by atoms with Gasteiger partial charge in [-0.25, -0.2) is 4.98 Å². The van der Waals surface area contributed by atoms with Gasteiger partial charge in [0.1, 0.15) is 12.4 Å². The topological polar surface area (TPSA) is 129 Å². The van der Waals surface area contributed by atoms with E-state index in [-0.39, 0.29) is 35.3 Å². The highest BCUT2D eigenvalue weighted by molar-refractivity contribution is 6.01. The van der Waals surface area contributed by atoms with Crippen molar-refractivity contribution in [3.63, 3.8) is 0 Å². The number of nitrogens with zero attached hydrogens (tertiary/aromatic N) is 2. The largest absolute Gasteiger partial charge is 0.586 e. The van der Waals surface area contributed by atoms with E-state index in [4.69, 9.17) is 5.11 Å². The number of anilines is 1. The highest BCUT2D eigenvalue weighted by Crippen LogP contribution is 2.52. The summed E-state index contributed by atoms with van der Waals surface area (Å²) in [7, 11) is 2.24. The number of nitrogens with one attached hydrogen (secondary N) is 1. The minimum Gasteiger partial charge on any atom is -0.468 e. The van der Waals surface area contributed by atoms with Gasteiger partial charge in [-0.05, 0) is 81.5 Å². The second kappa shape index (κ2) is 21.2. The van der Waals surface area contributed by atoms with E-state index < -0.39 is 23.2 Å². The van der Waals surface area contributed by atoms with Gasteiger partial charge in [0.2, 0.25) is 5.91 Å². The number of allylic oxidation sites excluding steroid dienone is 2. The first-order valence-electron chi connectivity index (χ1n) is 15.9. The van der Waals surface area contributed by atoms with Crippen molar-refractivity contribution in [1.82, 2.24) is 9.55 Å². The van der Waals surface area contributed by atoms with Gasteiger partial charge in [0.25, 0.3) is 5.56 Å². The van der Waals surface area contributed by atoms with Crippen molar-refractivity contribution in [2.24, 2.45) is 0 Å². The number of methoxy groups -OCH3 is 1. The Bertz CT molecular complexity index is 1590. The Balaban J connectivity index is 0.00000171. The number of ether oxygens (including phenoxy) is 3. The predicted molar refractivity (Wildman–Crippen MR) is 190 cm³/mol. The van der Waals surface area contributed by atoms with Gasteiger partial charge < -0.3 is 29.2 Å². The number of rotatable bonds is 6. The van der Waals surface area contributed by atoms with Crippen molar-refractivity contribution in [1.29, 1.82) is 0 Å². The summed E-state index contributed by atoms with van der Waals surface area (Å²) >= 11 is 0. The van der Waals surface area contributed by atoms with Crippen molar-refractivity contribution in [2.75, 3.05) is 19.5 Å². The number of hydrogen-bond donors (Lipinski definition) is 2. The van der Waals surface area contributed by atoms with E-state index in [9.17, 15) is 23.2 Å². The molecule has 270 valence electrons. The number of pyridine rings is 2. The molecule has 0 saturated heterocycles. The number of alkyl halides is 2. The monoisotopic (exact) mass is 687 g/mol. The van der Waals surface area contributed by atoms with E-state index >= 15 is 0 Å². The molecule has 49 heavy (non-hydrogen) atoms. The predicted octanol–water partition coefficient (Wildman–Crippen LogP) is 7.74. The van der Waals surface area contributed by atoms with Crippen molar-refractivity contribution >= 4 is 17.7 Å². The molecule has 3 heterocycles. The third-order valence-electron chi connectivity index (χ3n) is 6.48. The molecule has 1 aromatic carbocycles. The summed E-state index contributed by atoms with van der Waals surface area (Å²) in [6.45, 7) is 21.8. The normalized spacial score (nSPS) is 13.2. The van der Waals surface area contributed by atoms with E-state index in [1.165, 1.54) is 23.8 Å². The molecule has 1 saturated carbocycles. The van der Waals surface area contributed by atoms with Crippen LogP contribution in [0.1, 0.15) is 71.1 Å². The maximum absolute atomic E-state index is 13.4. The summed E-state index contributed by atoms with van der Waals surface area (Å²) < 4.78 is 41.7. The first kappa shape index (κ1) is 44.2. The summed E-state index contributed by atoms with van der Waals surface area (Å²) in [5, 5.41) is 9.80. The summed E-state index contributed by atoms with van der Waals surface area (Å²) in [5.41, 5.74) is 1.26. The van der Waals surface area contributed by atoms with Crippen LogP contribution in [0.5, 0.6) is 11.5 Å². The quantitative estimate of drug-likeness (QED) is 0.199. The molecular formula is C37H51F2N3O7. The number of hydrogen-bond acceptors (Lipinski definition) is 8. The Morgan fingerprint density at radius 1 is 1.00 bits per heavy atom. The lowest BCUT2D eigenvalue weighted by atomic mass is 9.94. The van der Waals surface area contributed by atoms with Gasteiger partial charge in [0, 0.05) is 13.3 Å². The molecule has 0 bridgehead atoms. The zero-order valence-corrected chi connectivity index (χ0v) is 30.3. The molecule has 2 aromatic heterocycles.